The first-order valence-electron chi connectivity index (χ1n) is 5.80. The molecule has 1 aromatic heterocycles. The number of hydrogen-bond donors (Lipinski definition) is 3. The number of urea groups is 1. The van der Waals surface area contributed by atoms with Crippen LogP contribution in [0.25, 0.3) is 0 Å². The van der Waals surface area contributed by atoms with Gasteiger partial charge in [0.05, 0.1) is 19.2 Å². The van der Waals surface area contributed by atoms with Crippen molar-refractivity contribution < 1.29 is 23.8 Å². The fourth-order valence-electron chi connectivity index (χ4n) is 1.58. The maximum atomic E-state index is 11.5. The van der Waals surface area contributed by atoms with Crippen LogP contribution in [0.4, 0.5) is 4.79 Å². The molecule has 7 heteroatoms. The average Bonchev–Trinajstić information content (AvgIpc) is 2.68. The summed E-state index contributed by atoms with van der Waals surface area (Å²) < 4.78 is 10.1. The van der Waals surface area contributed by atoms with Gasteiger partial charge >= 0.3 is 12.0 Å². The first kappa shape index (κ1) is 15.0. The number of furan rings is 1. The molecule has 1 heterocycles. The lowest BCUT2D eigenvalue weighted by atomic mass is 10.2. The van der Waals surface area contributed by atoms with Crippen molar-refractivity contribution >= 4 is 12.0 Å². The maximum Gasteiger partial charge on any atom is 0.339 e. The Morgan fingerprint density at radius 1 is 1.53 bits per heavy atom. The van der Waals surface area contributed by atoms with Crippen molar-refractivity contribution in [1.82, 2.24) is 10.6 Å². The van der Waals surface area contributed by atoms with Crippen LogP contribution in [0.5, 0.6) is 0 Å². The minimum Gasteiger partial charge on any atom is -0.478 e. The van der Waals surface area contributed by atoms with Gasteiger partial charge in [-0.15, -0.1) is 0 Å². The molecular weight excluding hydrogens is 252 g/mol. The van der Waals surface area contributed by atoms with E-state index < -0.39 is 5.97 Å². The minimum absolute atomic E-state index is 0.102. The number of ether oxygens (including phenoxy) is 1. The standard InChI is InChI=1S/C12H18N2O5/c1-7(6-18-3)14-12(17)13-5-9-4-10(11(15)16)8(2)19-9/h4,7H,5-6H2,1-3H3,(H,15,16)(H2,13,14,17). The number of carbonyl (C=O) groups is 2. The molecule has 0 fully saturated rings. The van der Waals surface area contributed by atoms with Gasteiger partial charge in [0.1, 0.15) is 17.1 Å². The summed E-state index contributed by atoms with van der Waals surface area (Å²) in [7, 11) is 1.55. The first-order valence-corrected chi connectivity index (χ1v) is 5.80. The number of rotatable bonds is 6. The van der Waals surface area contributed by atoms with E-state index in [0.717, 1.165) is 0 Å². The van der Waals surface area contributed by atoms with Gasteiger partial charge in [-0.25, -0.2) is 9.59 Å². The molecule has 0 saturated carbocycles. The number of carbonyl (C=O) groups excluding carboxylic acids is 1. The van der Waals surface area contributed by atoms with Crippen LogP contribution in [0, 0.1) is 6.92 Å². The Bertz CT molecular complexity index is 455. The zero-order valence-corrected chi connectivity index (χ0v) is 11.1. The molecule has 1 rings (SSSR count). The molecule has 0 bridgehead atoms. The molecule has 0 saturated heterocycles. The summed E-state index contributed by atoms with van der Waals surface area (Å²) in [6.07, 6.45) is 0. The lowest BCUT2D eigenvalue weighted by molar-refractivity contribution is 0.0695. The summed E-state index contributed by atoms with van der Waals surface area (Å²) in [4.78, 5) is 22.3. The number of amides is 2. The number of nitrogens with one attached hydrogen (secondary N) is 2. The number of hydrogen-bond acceptors (Lipinski definition) is 4. The zero-order chi connectivity index (χ0) is 14.4. The molecule has 19 heavy (non-hydrogen) atoms. The third-order valence-corrected chi connectivity index (χ3v) is 2.42. The Hall–Kier alpha value is -2.02. The predicted octanol–water partition coefficient (Wildman–Crippen LogP) is 1.12. The molecule has 2 amide bonds. The summed E-state index contributed by atoms with van der Waals surface area (Å²) in [6, 6.07) is 0.921. The van der Waals surface area contributed by atoms with Gasteiger partial charge in [0.15, 0.2) is 0 Å². The highest BCUT2D eigenvalue weighted by Gasteiger charge is 2.14. The van der Waals surface area contributed by atoms with Crippen LogP contribution in [-0.2, 0) is 11.3 Å². The Balaban J connectivity index is 2.46. The van der Waals surface area contributed by atoms with E-state index in [4.69, 9.17) is 14.3 Å². The fraction of sp³-hybridized carbons (Fsp3) is 0.500. The van der Waals surface area contributed by atoms with Crippen LogP contribution < -0.4 is 10.6 Å². The summed E-state index contributed by atoms with van der Waals surface area (Å²) in [5.74, 6) is -0.340. The summed E-state index contributed by atoms with van der Waals surface area (Å²) in [6.45, 7) is 3.91. The van der Waals surface area contributed by atoms with Crippen molar-refractivity contribution in [3.63, 3.8) is 0 Å². The van der Waals surface area contributed by atoms with Crippen LogP contribution in [-0.4, -0.2) is 36.9 Å². The van der Waals surface area contributed by atoms with E-state index in [1.807, 2.05) is 6.92 Å². The Kier molecular flexibility index (Phi) is 5.37. The molecular formula is C12H18N2O5. The Morgan fingerprint density at radius 3 is 2.74 bits per heavy atom. The molecule has 0 aliphatic carbocycles. The van der Waals surface area contributed by atoms with Gasteiger partial charge in [-0.05, 0) is 19.9 Å². The summed E-state index contributed by atoms with van der Waals surface area (Å²) in [5.41, 5.74) is 0.102. The van der Waals surface area contributed by atoms with E-state index in [1.54, 1.807) is 14.0 Å². The fourth-order valence-corrected chi connectivity index (χ4v) is 1.58. The van der Waals surface area contributed by atoms with Crippen molar-refractivity contribution in [2.45, 2.75) is 26.4 Å². The molecule has 106 valence electrons. The number of methoxy groups -OCH3 is 1. The normalized spacial score (nSPS) is 11.9. The van der Waals surface area contributed by atoms with Crippen LogP contribution in [0.3, 0.4) is 0 Å². The molecule has 1 aromatic rings. The van der Waals surface area contributed by atoms with E-state index in [2.05, 4.69) is 10.6 Å². The van der Waals surface area contributed by atoms with Crippen LogP contribution in [0.1, 0.15) is 28.8 Å². The monoisotopic (exact) mass is 270 g/mol. The number of aromatic carboxylic acids is 1. The van der Waals surface area contributed by atoms with Crippen LogP contribution in [0.2, 0.25) is 0 Å². The average molecular weight is 270 g/mol. The number of carboxylic acids is 1. The van der Waals surface area contributed by atoms with Crippen LogP contribution >= 0.6 is 0 Å². The van der Waals surface area contributed by atoms with E-state index in [1.165, 1.54) is 6.07 Å². The molecule has 1 atom stereocenters. The third kappa shape index (κ3) is 4.63. The topological polar surface area (TPSA) is 101 Å². The largest absolute Gasteiger partial charge is 0.478 e. The van der Waals surface area contributed by atoms with Crippen molar-refractivity contribution in [2.24, 2.45) is 0 Å². The minimum atomic E-state index is -1.05. The second-order valence-electron chi connectivity index (χ2n) is 4.17. The molecule has 0 radical (unpaired) electrons. The van der Waals surface area contributed by atoms with Crippen molar-refractivity contribution in [3.05, 3.63) is 23.2 Å². The Morgan fingerprint density at radius 2 is 2.21 bits per heavy atom. The smallest absolute Gasteiger partial charge is 0.339 e. The van der Waals surface area contributed by atoms with E-state index in [9.17, 15) is 9.59 Å². The highest BCUT2D eigenvalue weighted by Crippen LogP contribution is 2.14. The number of aryl methyl sites for hydroxylation is 1. The zero-order valence-electron chi connectivity index (χ0n) is 11.1. The highest BCUT2D eigenvalue weighted by atomic mass is 16.5. The van der Waals surface area contributed by atoms with Gasteiger partial charge in [-0.3, -0.25) is 0 Å². The highest BCUT2D eigenvalue weighted by molar-refractivity contribution is 5.88. The van der Waals surface area contributed by atoms with Crippen LogP contribution in [0.15, 0.2) is 10.5 Å². The molecule has 1 unspecified atom stereocenters. The van der Waals surface area contributed by atoms with Gasteiger partial charge in [0.25, 0.3) is 0 Å². The lowest BCUT2D eigenvalue weighted by Crippen LogP contribution is -2.42. The molecule has 0 aliphatic heterocycles. The van der Waals surface area contributed by atoms with E-state index >= 15 is 0 Å². The Labute approximate surface area is 110 Å². The predicted molar refractivity (Wildman–Crippen MR) is 67.1 cm³/mol. The van der Waals surface area contributed by atoms with Crippen molar-refractivity contribution in [2.75, 3.05) is 13.7 Å². The van der Waals surface area contributed by atoms with Crippen molar-refractivity contribution in [1.29, 1.82) is 0 Å². The second kappa shape index (κ2) is 6.79. The first-order chi connectivity index (χ1) is 8.93. The van der Waals surface area contributed by atoms with Gasteiger partial charge in [0, 0.05) is 7.11 Å². The molecule has 0 aromatic carbocycles. The SMILES string of the molecule is COCC(C)NC(=O)NCc1cc(C(=O)O)c(C)o1. The summed E-state index contributed by atoms with van der Waals surface area (Å²) in [5, 5.41) is 14.1. The van der Waals surface area contributed by atoms with Gasteiger partial charge in [-0.1, -0.05) is 0 Å². The number of carboxylic acid groups (broad SMARTS) is 1. The van der Waals surface area contributed by atoms with Gasteiger partial charge < -0.3 is 24.9 Å². The van der Waals surface area contributed by atoms with Crippen molar-refractivity contribution in [3.8, 4) is 0 Å². The van der Waals surface area contributed by atoms with Gasteiger partial charge in [0.2, 0.25) is 0 Å². The maximum absolute atomic E-state index is 11.5. The molecule has 7 nitrogen and oxygen atoms in total. The lowest BCUT2D eigenvalue weighted by Gasteiger charge is -2.12. The second-order valence-corrected chi connectivity index (χ2v) is 4.17. The van der Waals surface area contributed by atoms with E-state index in [-0.39, 0.29) is 24.2 Å². The molecule has 0 spiro atoms. The summed E-state index contributed by atoms with van der Waals surface area (Å²) >= 11 is 0. The third-order valence-electron chi connectivity index (χ3n) is 2.42. The van der Waals surface area contributed by atoms with Gasteiger partial charge in [-0.2, -0.15) is 0 Å². The molecule has 0 aliphatic rings. The quantitative estimate of drug-likeness (QED) is 0.719. The van der Waals surface area contributed by atoms with E-state index in [0.29, 0.717) is 18.1 Å². The molecule has 3 N–H and O–H groups in total.